The summed E-state index contributed by atoms with van der Waals surface area (Å²) in [5, 5.41) is 2.44. The molecule has 1 N–H and O–H groups in total. The minimum absolute atomic E-state index is 0.0446. The van der Waals surface area contributed by atoms with Crippen molar-refractivity contribution in [2.45, 2.75) is 22.6 Å². The highest BCUT2D eigenvalue weighted by Gasteiger charge is 2.33. The van der Waals surface area contributed by atoms with Gasteiger partial charge in [-0.3, -0.25) is 14.5 Å². The molecule has 180 valence electrons. The van der Waals surface area contributed by atoms with Gasteiger partial charge in [0, 0.05) is 37.5 Å². The maximum Gasteiger partial charge on any atom is 0.238 e. The zero-order chi connectivity index (χ0) is 24.4. The number of thioether (sulfide) groups is 1. The number of carbonyl (C=O) groups excluding carboxylic acids is 2. The van der Waals surface area contributed by atoms with Crippen LogP contribution < -0.4 is 5.32 Å². The highest BCUT2D eigenvalue weighted by atomic mass is 32.2. The molecule has 8 heteroatoms. The molecule has 2 aliphatic rings. The van der Waals surface area contributed by atoms with E-state index >= 15 is 0 Å². The Hall–Kier alpha value is -3.23. The fourth-order valence-corrected chi connectivity index (χ4v) is 5.75. The van der Waals surface area contributed by atoms with E-state index in [-0.39, 0.29) is 35.9 Å². The zero-order valence-corrected chi connectivity index (χ0v) is 19.8. The molecule has 0 spiro atoms. The van der Waals surface area contributed by atoms with E-state index in [4.69, 9.17) is 0 Å². The average molecular weight is 494 g/mol. The summed E-state index contributed by atoms with van der Waals surface area (Å²) >= 11 is 1.43. The third-order valence-electron chi connectivity index (χ3n) is 6.47. The van der Waals surface area contributed by atoms with Crippen LogP contribution in [0.4, 0.5) is 14.5 Å². The SMILES string of the molecule is O=C1Nc2ccccc2SC1CC(=O)N1CCN(C(c2ccc(F)cc2)c2ccc(F)cc2)CC1. The number of amides is 2. The lowest BCUT2D eigenvalue weighted by atomic mass is 9.96. The minimum Gasteiger partial charge on any atom is -0.340 e. The Balaban J connectivity index is 1.25. The third-order valence-corrected chi connectivity index (χ3v) is 7.75. The first-order chi connectivity index (χ1) is 17.0. The van der Waals surface area contributed by atoms with Gasteiger partial charge in [0.15, 0.2) is 0 Å². The molecule has 5 nitrogen and oxygen atoms in total. The lowest BCUT2D eigenvalue weighted by Gasteiger charge is -2.40. The van der Waals surface area contributed by atoms with Crippen molar-refractivity contribution in [3.05, 3.63) is 95.6 Å². The van der Waals surface area contributed by atoms with Gasteiger partial charge in [0.05, 0.1) is 17.0 Å². The summed E-state index contributed by atoms with van der Waals surface area (Å²) in [6.45, 7) is 2.26. The van der Waals surface area contributed by atoms with Crippen LogP contribution >= 0.6 is 11.8 Å². The summed E-state index contributed by atoms with van der Waals surface area (Å²) in [5.74, 6) is -0.811. The number of halogens is 2. The molecule has 5 rings (SSSR count). The molecule has 0 aromatic heterocycles. The van der Waals surface area contributed by atoms with E-state index in [0.717, 1.165) is 21.7 Å². The second-order valence-corrected chi connectivity index (χ2v) is 9.96. The predicted molar refractivity (Wildman–Crippen MR) is 132 cm³/mol. The molecule has 1 fully saturated rings. The average Bonchev–Trinajstić information content (AvgIpc) is 2.87. The lowest BCUT2D eigenvalue weighted by molar-refractivity contribution is -0.134. The van der Waals surface area contributed by atoms with Gasteiger partial charge < -0.3 is 10.2 Å². The first-order valence-electron chi connectivity index (χ1n) is 11.6. The van der Waals surface area contributed by atoms with Crippen molar-refractivity contribution in [2.75, 3.05) is 31.5 Å². The largest absolute Gasteiger partial charge is 0.340 e. The Kier molecular flexibility index (Phi) is 6.83. The molecular weight excluding hydrogens is 468 g/mol. The smallest absolute Gasteiger partial charge is 0.238 e. The van der Waals surface area contributed by atoms with Crippen LogP contribution in [0.5, 0.6) is 0 Å². The Labute approximate surface area is 207 Å². The van der Waals surface area contributed by atoms with Gasteiger partial charge >= 0.3 is 0 Å². The quantitative estimate of drug-likeness (QED) is 0.560. The number of benzene rings is 3. The molecule has 3 aromatic rings. The van der Waals surface area contributed by atoms with E-state index in [1.54, 1.807) is 29.2 Å². The van der Waals surface area contributed by atoms with E-state index in [2.05, 4.69) is 10.2 Å². The van der Waals surface area contributed by atoms with Gasteiger partial charge in [-0.05, 0) is 47.5 Å². The van der Waals surface area contributed by atoms with Crippen molar-refractivity contribution in [2.24, 2.45) is 0 Å². The second-order valence-electron chi connectivity index (χ2n) is 8.72. The van der Waals surface area contributed by atoms with Crippen LogP contribution in [0, 0.1) is 11.6 Å². The number of anilines is 1. The number of nitrogens with zero attached hydrogens (tertiary/aromatic N) is 2. The molecule has 1 saturated heterocycles. The van der Waals surface area contributed by atoms with Gasteiger partial charge in [-0.2, -0.15) is 0 Å². The van der Waals surface area contributed by atoms with E-state index < -0.39 is 5.25 Å². The lowest BCUT2D eigenvalue weighted by Crippen LogP contribution is -2.50. The van der Waals surface area contributed by atoms with E-state index in [1.165, 1.54) is 36.0 Å². The summed E-state index contributed by atoms with van der Waals surface area (Å²) in [4.78, 5) is 30.6. The topological polar surface area (TPSA) is 52.7 Å². The minimum atomic E-state index is -0.457. The van der Waals surface area contributed by atoms with Crippen LogP contribution in [0.1, 0.15) is 23.6 Å². The van der Waals surface area contributed by atoms with Crippen molar-refractivity contribution >= 4 is 29.3 Å². The fraction of sp³-hybridized carbons (Fsp3) is 0.259. The molecule has 2 aliphatic heterocycles. The maximum absolute atomic E-state index is 13.6. The van der Waals surface area contributed by atoms with Crippen LogP contribution in [-0.4, -0.2) is 53.0 Å². The molecule has 2 heterocycles. The second kappa shape index (κ2) is 10.2. The number of fused-ring (bicyclic) bond motifs is 1. The van der Waals surface area contributed by atoms with E-state index in [0.29, 0.717) is 26.2 Å². The Morgan fingerprint density at radius 3 is 2.06 bits per heavy atom. The molecule has 2 amide bonds. The number of piperazine rings is 1. The summed E-state index contributed by atoms with van der Waals surface area (Å²) in [6, 6.07) is 20.1. The number of hydrogen-bond donors (Lipinski definition) is 1. The molecule has 0 saturated carbocycles. The molecule has 1 unspecified atom stereocenters. The summed E-state index contributed by atoms with van der Waals surface area (Å²) in [5.41, 5.74) is 2.60. The molecule has 1 atom stereocenters. The maximum atomic E-state index is 13.6. The summed E-state index contributed by atoms with van der Waals surface area (Å²) in [7, 11) is 0. The van der Waals surface area contributed by atoms with Crippen molar-refractivity contribution < 1.29 is 18.4 Å². The zero-order valence-electron chi connectivity index (χ0n) is 19.0. The van der Waals surface area contributed by atoms with Crippen LogP contribution in [-0.2, 0) is 9.59 Å². The van der Waals surface area contributed by atoms with Crippen molar-refractivity contribution in [3.63, 3.8) is 0 Å². The van der Waals surface area contributed by atoms with Crippen molar-refractivity contribution in [1.29, 1.82) is 0 Å². The molecule has 0 bridgehead atoms. The summed E-state index contributed by atoms with van der Waals surface area (Å²) in [6.07, 6.45) is 0.143. The highest BCUT2D eigenvalue weighted by molar-refractivity contribution is 8.01. The molecule has 3 aromatic carbocycles. The van der Waals surface area contributed by atoms with Crippen molar-refractivity contribution in [1.82, 2.24) is 9.80 Å². The normalized spacial score (nSPS) is 18.3. The Morgan fingerprint density at radius 1 is 0.886 bits per heavy atom. The first-order valence-corrected chi connectivity index (χ1v) is 12.5. The number of nitrogens with one attached hydrogen (secondary N) is 1. The van der Waals surface area contributed by atoms with Gasteiger partial charge in [0.1, 0.15) is 11.6 Å². The fourth-order valence-electron chi connectivity index (χ4n) is 4.65. The van der Waals surface area contributed by atoms with Gasteiger partial charge in [0.2, 0.25) is 11.8 Å². The first kappa shape index (κ1) is 23.5. The molecule has 0 aliphatic carbocycles. The Bertz CT molecular complexity index is 1170. The van der Waals surface area contributed by atoms with E-state index in [1.807, 2.05) is 24.3 Å². The van der Waals surface area contributed by atoms with Crippen LogP contribution in [0.15, 0.2) is 77.7 Å². The molecular formula is C27H25F2N3O2S. The predicted octanol–water partition coefficient (Wildman–Crippen LogP) is 4.70. The number of hydrogen-bond acceptors (Lipinski definition) is 4. The van der Waals surface area contributed by atoms with E-state index in [9.17, 15) is 18.4 Å². The standard InChI is InChI=1S/C27H25F2N3O2S/c28-20-9-5-18(6-10-20)26(19-7-11-21(29)12-8-19)32-15-13-31(14-16-32)25(33)17-24-27(34)30-22-3-1-2-4-23(22)35-24/h1-12,24,26H,13-17H2,(H,30,34). The van der Waals surface area contributed by atoms with Gasteiger partial charge in [-0.15, -0.1) is 11.8 Å². The number of carbonyl (C=O) groups is 2. The van der Waals surface area contributed by atoms with Gasteiger partial charge in [0.25, 0.3) is 0 Å². The van der Waals surface area contributed by atoms with Gasteiger partial charge in [-0.25, -0.2) is 8.78 Å². The van der Waals surface area contributed by atoms with Crippen LogP contribution in [0.3, 0.4) is 0 Å². The number of rotatable bonds is 5. The van der Waals surface area contributed by atoms with Crippen molar-refractivity contribution in [3.8, 4) is 0 Å². The monoisotopic (exact) mass is 493 g/mol. The van der Waals surface area contributed by atoms with Crippen LogP contribution in [0.2, 0.25) is 0 Å². The highest BCUT2D eigenvalue weighted by Crippen LogP contribution is 2.37. The number of para-hydroxylation sites is 1. The van der Waals surface area contributed by atoms with Gasteiger partial charge in [-0.1, -0.05) is 36.4 Å². The van der Waals surface area contributed by atoms with Crippen LogP contribution in [0.25, 0.3) is 0 Å². The molecule has 35 heavy (non-hydrogen) atoms. The molecule has 0 radical (unpaired) electrons. The Morgan fingerprint density at radius 2 is 1.46 bits per heavy atom. The third kappa shape index (κ3) is 5.23. The summed E-state index contributed by atoms with van der Waals surface area (Å²) < 4.78 is 27.1.